The minimum atomic E-state index is -1.01. The molecule has 0 bridgehead atoms. The predicted octanol–water partition coefficient (Wildman–Crippen LogP) is -2.74. The van der Waals surface area contributed by atoms with E-state index in [9.17, 15) is 9.90 Å². The average molecular weight is 148 g/mol. The summed E-state index contributed by atoms with van der Waals surface area (Å²) in [7, 11) is 0. The fourth-order valence-electron chi connectivity index (χ4n) is 0.394. The van der Waals surface area contributed by atoms with Crippen LogP contribution in [0, 0.1) is 0 Å². The molecule has 10 heavy (non-hydrogen) atoms. The first-order chi connectivity index (χ1) is 4.27. The Labute approximate surface area is 82.9 Å². The summed E-state index contributed by atoms with van der Waals surface area (Å²) in [5, 5.41) is 9.79. The van der Waals surface area contributed by atoms with Crippen molar-refractivity contribution in [2.75, 3.05) is 0 Å². The Hall–Kier alpha value is -0.0500. The number of carbonyl (C=O) groups is 1. The van der Waals surface area contributed by atoms with Gasteiger partial charge < -0.3 is 9.90 Å². The van der Waals surface area contributed by atoms with Gasteiger partial charge in [-0.25, -0.2) is 0 Å². The van der Waals surface area contributed by atoms with E-state index in [0.717, 1.165) is 0 Å². The van der Waals surface area contributed by atoms with Crippen molar-refractivity contribution in [1.29, 1.82) is 0 Å². The number of carbonyl (C=O) groups excluding carboxylic acids is 1. The van der Waals surface area contributed by atoms with Crippen molar-refractivity contribution in [3.05, 3.63) is 24.8 Å². The van der Waals surface area contributed by atoms with Gasteiger partial charge in [0.15, 0.2) is 0 Å². The van der Waals surface area contributed by atoms with E-state index in [0.29, 0.717) is 6.42 Å². The zero-order valence-corrected chi connectivity index (χ0v) is 8.17. The molecule has 0 aromatic carbocycles. The second-order valence-electron chi connectivity index (χ2n) is 1.57. The molecule has 0 unspecified atom stereocenters. The third-order valence-electron chi connectivity index (χ3n) is 0.787. The molecule has 0 saturated carbocycles. The normalized spacial score (nSPS) is 8.80. The van der Waals surface area contributed by atoms with Crippen LogP contribution in [0.5, 0.6) is 0 Å². The van der Waals surface area contributed by atoms with Crippen molar-refractivity contribution in [1.82, 2.24) is 0 Å². The first-order valence-electron chi connectivity index (χ1n) is 2.74. The van der Waals surface area contributed by atoms with Crippen LogP contribution in [-0.4, -0.2) is 5.97 Å². The molecular weight excluding hydrogens is 139 g/mol. The maximum Gasteiger partial charge on any atom is 1.00 e. The van der Waals surface area contributed by atoms with Crippen molar-refractivity contribution in [2.45, 2.75) is 12.8 Å². The summed E-state index contributed by atoms with van der Waals surface area (Å²) in [6, 6.07) is 0. The Morgan fingerprint density at radius 1 is 1.60 bits per heavy atom. The Balaban J connectivity index is 0. The molecular formula is C7H9NaO2. The molecule has 0 fully saturated rings. The van der Waals surface area contributed by atoms with E-state index >= 15 is 0 Å². The van der Waals surface area contributed by atoms with E-state index in [4.69, 9.17) is 0 Å². The zero-order valence-electron chi connectivity index (χ0n) is 6.17. The molecule has 0 aromatic heterocycles. The molecule has 0 aliphatic rings. The third kappa shape index (κ3) is 10.8. The largest absolute Gasteiger partial charge is 1.00 e. The number of aliphatic carboxylic acids is 1. The molecule has 50 valence electrons. The van der Waals surface area contributed by atoms with E-state index in [1.807, 2.05) is 0 Å². The minimum Gasteiger partial charge on any atom is -0.550 e. The molecule has 0 aromatic rings. The smallest absolute Gasteiger partial charge is 0.550 e. The van der Waals surface area contributed by atoms with E-state index in [2.05, 4.69) is 6.58 Å². The summed E-state index contributed by atoms with van der Waals surface area (Å²) >= 11 is 0. The van der Waals surface area contributed by atoms with Crippen molar-refractivity contribution >= 4 is 5.97 Å². The molecule has 2 nitrogen and oxygen atoms in total. The van der Waals surface area contributed by atoms with Gasteiger partial charge in [-0.3, -0.25) is 0 Å². The number of carboxylic acids is 1. The minimum absolute atomic E-state index is 0. The van der Waals surface area contributed by atoms with Crippen LogP contribution in [0.25, 0.3) is 0 Å². The summed E-state index contributed by atoms with van der Waals surface area (Å²) < 4.78 is 0. The third-order valence-corrected chi connectivity index (χ3v) is 0.787. The van der Waals surface area contributed by atoms with E-state index in [1.54, 1.807) is 18.2 Å². The average Bonchev–Trinajstić information content (AvgIpc) is 1.80. The van der Waals surface area contributed by atoms with Gasteiger partial charge in [0.05, 0.1) is 0 Å². The molecule has 0 rings (SSSR count). The van der Waals surface area contributed by atoms with Gasteiger partial charge >= 0.3 is 29.6 Å². The Morgan fingerprint density at radius 3 is 2.60 bits per heavy atom. The molecule has 0 amide bonds. The van der Waals surface area contributed by atoms with Gasteiger partial charge in [-0.1, -0.05) is 24.8 Å². The first kappa shape index (κ1) is 12.6. The van der Waals surface area contributed by atoms with Gasteiger partial charge in [0, 0.05) is 5.97 Å². The molecule has 3 heteroatoms. The Kier molecular flexibility index (Phi) is 11.3. The van der Waals surface area contributed by atoms with Crippen LogP contribution >= 0.6 is 0 Å². The van der Waals surface area contributed by atoms with Crippen LogP contribution in [-0.2, 0) is 4.79 Å². The maximum atomic E-state index is 9.79. The number of carboxylic acid groups (broad SMARTS) is 1. The van der Waals surface area contributed by atoms with Gasteiger partial charge in [-0.2, -0.15) is 0 Å². The standard InChI is InChI=1S/C7H10O2.Na/c1-2-3-4-5-6-7(8)9;/h2-4H,1,5-6H2,(H,8,9);/q;+1/p-1/b4-3+;. The second kappa shape index (κ2) is 8.95. The monoisotopic (exact) mass is 148 g/mol. The Bertz CT molecular complexity index is 130. The Morgan fingerprint density at radius 2 is 2.20 bits per heavy atom. The number of hydrogen-bond donors (Lipinski definition) is 0. The quantitative estimate of drug-likeness (QED) is 0.320. The predicted molar refractivity (Wildman–Crippen MR) is 33.6 cm³/mol. The summed E-state index contributed by atoms with van der Waals surface area (Å²) in [5.74, 6) is -1.01. The fraction of sp³-hybridized carbons (Fsp3) is 0.286. The van der Waals surface area contributed by atoms with Gasteiger partial charge in [-0.05, 0) is 12.8 Å². The van der Waals surface area contributed by atoms with Crippen molar-refractivity contribution in [3.8, 4) is 0 Å². The molecule has 0 saturated heterocycles. The molecule has 0 heterocycles. The molecule has 0 aliphatic carbocycles. The number of hydrogen-bond acceptors (Lipinski definition) is 2. The van der Waals surface area contributed by atoms with Crippen LogP contribution in [0.3, 0.4) is 0 Å². The van der Waals surface area contributed by atoms with E-state index in [1.165, 1.54) is 0 Å². The van der Waals surface area contributed by atoms with Gasteiger partial charge in [-0.15, -0.1) is 0 Å². The maximum absolute atomic E-state index is 9.79. The van der Waals surface area contributed by atoms with Crippen LogP contribution < -0.4 is 34.7 Å². The molecule has 0 atom stereocenters. The summed E-state index contributed by atoms with van der Waals surface area (Å²) in [6.45, 7) is 3.43. The summed E-state index contributed by atoms with van der Waals surface area (Å²) in [6.07, 6.45) is 5.67. The molecule has 0 radical (unpaired) electrons. The topological polar surface area (TPSA) is 40.1 Å². The summed E-state index contributed by atoms with van der Waals surface area (Å²) in [4.78, 5) is 9.79. The van der Waals surface area contributed by atoms with Gasteiger partial charge in [0.25, 0.3) is 0 Å². The second-order valence-corrected chi connectivity index (χ2v) is 1.57. The SMILES string of the molecule is C=C/C=C/CCC(=O)[O-].[Na+]. The first-order valence-corrected chi connectivity index (χ1v) is 2.74. The number of allylic oxidation sites excluding steroid dienone is 3. The van der Waals surface area contributed by atoms with Gasteiger partial charge in [0.1, 0.15) is 0 Å². The fourth-order valence-corrected chi connectivity index (χ4v) is 0.394. The van der Waals surface area contributed by atoms with E-state index < -0.39 is 5.97 Å². The van der Waals surface area contributed by atoms with Crippen molar-refractivity contribution < 1.29 is 39.5 Å². The van der Waals surface area contributed by atoms with Gasteiger partial charge in [0.2, 0.25) is 0 Å². The summed E-state index contributed by atoms with van der Waals surface area (Å²) in [5.41, 5.74) is 0. The molecule has 0 aliphatic heterocycles. The van der Waals surface area contributed by atoms with Crippen LogP contribution in [0.1, 0.15) is 12.8 Å². The van der Waals surface area contributed by atoms with Crippen LogP contribution in [0.15, 0.2) is 24.8 Å². The van der Waals surface area contributed by atoms with Crippen molar-refractivity contribution in [3.63, 3.8) is 0 Å². The van der Waals surface area contributed by atoms with E-state index in [-0.39, 0.29) is 36.0 Å². The molecule has 0 N–H and O–H groups in total. The number of rotatable bonds is 4. The van der Waals surface area contributed by atoms with Crippen molar-refractivity contribution in [2.24, 2.45) is 0 Å². The van der Waals surface area contributed by atoms with Crippen LogP contribution in [0.4, 0.5) is 0 Å². The zero-order chi connectivity index (χ0) is 7.11. The van der Waals surface area contributed by atoms with Crippen LogP contribution in [0.2, 0.25) is 0 Å². The molecule has 0 spiro atoms.